The molecule has 55 heavy (non-hydrogen) atoms. The maximum absolute atomic E-state index is 12.9. The average Bonchev–Trinajstić information content (AvgIpc) is 4.04. The molecule has 3 fully saturated rings. The van der Waals surface area contributed by atoms with Gasteiger partial charge in [0.25, 0.3) is 11.8 Å². The maximum Gasteiger partial charge on any atom is 0.254 e. The molecular formula is C43H46N8O4. The van der Waals surface area contributed by atoms with Gasteiger partial charge >= 0.3 is 0 Å². The largest absolute Gasteiger partial charge is 0.368 e. The van der Waals surface area contributed by atoms with Crippen LogP contribution in [0.4, 0.5) is 17.1 Å². The summed E-state index contributed by atoms with van der Waals surface area (Å²) in [5.41, 5.74) is 10.8. The van der Waals surface area contributed by atoms with E-state index in [2.05, 4.69) is 98.9 Å². The summed E-state index contributed by atoms with van der Waals surface area (Å²) >= 11 is 0. The average molecular weight is 739 g/mol. The van der Waals surface area contributed by atoms with E-state index in [1.807, 2.05) is 28.9 Å². The Bertz CT molecular complexity index is 2360. The van der Waals surface area contributed by atoms with Gasteiger partial charge in [0.1, 0.15) is 18.0 Å². The molecular weight excluding hydrogens is 693 g/mol. The van der Waals surface area contributed by atoms with Crippen LogP contribution in [0.2, 0.25) is 0 Å². The van der Waals surface area contributed by atoms with Crippen molar-refractivity contribution in [3.63, 3.8) is 0 Å². The number of carbonyl (C=O) groups excluding carboxylic acids is 2. The molecule has 4 unspecified atom stereocenters. The lowest BCUT2D eigenvalue weighted by Crippen LogP contribution is -2.60. The van der Waals surface area contributed by atoms with Gasteiger partial charge in [-0.3, -0.25) is 9.59 Å². The number of anilines is 3. The van der Waals surface area contributed by atoms with Crippen LogP contribution in [0.1, 0.15) is 49.8 Å². The number of amides is 2. The number of rotatable bonds is 9. The van der Waals surface area contributed by atoms with E-state index >= 15 is 0 Å². The summed E-state index contributed by atoms with van der Waals surface area (Å²) in [4.78, 5) is 46.1. The first-order valence-corrected chi connectivity index (χ1v) is 19.6. The summed E-state index contributed by atoms with van der Waals surface area (Å²) in [6.07, 6.45) is 9.87. The molecule has 1 aliphatic carbocycles. The molecule has 0 radical (unpaired) electrons. The van der Waals surface area contributed by atoms with Crippen LogP contribution >= 0.6 is 0 Å². The van der Waals surface area contributed by atoms with Crippen molar-refractivity contribution < 1.29 is 19.1 Å². The van der Waals surface area contributed by atoms with Crippen LogP contribution in [0.5, 0.6) is 0 Å². The summed E-state index contributed by atoms with van der Waals surface area (Å²) in [5.74, 6) is 1.17. The van der Waals surface area contributed by atoms with Gasteiger partial charge in [-0.1, -0.05) is 24.3 Å². The molecule has 6 heterocycles. The zero-order valence-corrected chi connectivity index (χ0v) is 31.3. The zero-order valence-electron chi connectivity index (χ0n) is 31.3. The van der Waals surface area contributed by atoms with Crippen molar-refractivity contribution in [2.45, 2.75) is 56.8 Å². The minimum absolute atomic E-state index is 0.0491. The Morgan fingerprint density at radius 2 is 1.78 bits per heavy atom. The Morgan fingerprint density at radius 3 is 2.58 bits per heavy atom. The van der Waals surface area contributed by atoms with E-state index in [1.54, 1.807) is 0 Å². The summed E-state index contributed by atoms with van der Waals surface area (Å²) in [7, 11) is 2.17. The van der Waals surface area contributed by atoms with Crippen molar-refractivity contribution in [2.75, 3.05) is 61.9 Å². The number of H-pyrrole nitrogens is 2. The lowest BCUT2D eigenvalue weighted by Gasteiger charge is -2.44. The van der Waals surface area contributed by atoms with Crippen molar-refractivity contribution in [2.24, 2.45) is 0 Å². The number of carbonyl (C=O) groups is 2. The van der Waals surface area contributed by atoms with Gasteiger partial charge < -0.3 is 44.4 Å². The number of aromatic amines is 2. The van der Waals surface area contributed by atoms with Crippen LogP contribution in [-0.2, 0) is 19.1 Å². The van der Waals surface area contributed by atoms with Crippen molar-refractivity contribution in [3.8, 4) is 11.4 Å². The van der Waals surface area contributed by atoms with E-state index < -0.39 is 0 Å². The Balaban J connectivity index is 0.854. The van der Waals surface area contributed by atoms with Crippen molar-refractivity contribution in [1.82, 2.24) is 24.8 Å². The zero-order chi connectivity index (χ0) is 37.2. The number of allylic oxidation sites excluding steroid dienone is 2. The van der Waals surface area contributed by atoms with Gasteiger partial charge in [0.05, 0.1) is 37.1 Å². The Hall–Kier alpha value is -5.59. The van der Waals surface area contributed by atoms with Gasteiger partial charge in [-0.2, -0.15) is 0 Å². The highest BCUT2D eigenvalue weighted by molar-refractivity contribution is 5.91. The van der Waals surface area contributed by atoms with Gasteiger partial charge in [-0.25, -0.2) is 4.98 Å². The van der Waals surface area contributed by atoms with Crippen LogP contribution in [0.15, 0.2) is 78.9 Å². The molecule has 0 saturated carbocycles. The number of aromatic nitrogens is 3. The summed E-state index contributed by atoms with van der Waals surface area (Å²) < 4.78 is 11.2. The Labute approximate surface area is 319 Å². The van der Waals surface area contributed by atoms with Gasteiger partial charge in [-0.05, 0) is 98.3 Å². The molecule has 4 aliphatic heterocycles. The lowest BCUT2D eigenvalue weighted by molar-refractivity contribution is -0.144. The fourth-order valence-electron chi connectivity index (χ4n) is 8.82. The second kappa shape index (κ2) is 13.6. The highest BCUT2D eigenvalue weighted by Crippen LogP contribution is 2.46. The van der Waals surface area contributed by atoms with Crippen LogP contribution in [0.25, 0.3) is 38.9 Å². The highest BCUT2D eigenvalue weighted by Gasteiger charge is 2.37. The summed E-state index contributed by atoms with van der Waals surface area (Å²) in [6, 6.07) is 21.7. The third kappa shape index (κ3) is 6.04. The smallest absolute Gasteiger partial charge is 0.254 e. The number of nitrogens with one attached hydrogen (secondary N) is 3. The van der Waals surface area contributed by atoms with Crippen LogP contribution in [0.3, 0.4) is 0 Å². The standard InChI is InChI=1S/C43H46N8O4/c1-3-49(42(52)39-6-4-16-54-39)23-44-29-11-13-33-36(21-29)47-41(46-33)28-10-15-38-32(19-28)31-18-26(9-14-37(31)48(38)2)34-20-27-8-12-30(22-35(27)45-34)50-24-51(25-50)43(53)40-7-5-17-55-40/h8-15,18-22,31,37,39-40,44-45H,3-7,16-17,23-25H2,1-2H3,(H,46,47). The predicted octanol–water partition coefficient (Wildman–Crippen LogP) is 6.41. The predicted molar refractivity (Wildman–Crippen MR) is 215 cm³/mol. The topological polar surface area (TPSA) is 122 Å². The molecule has 5 aliphatic rings. The summed E-state index contributed by atoms with van der Waals surface area (Å²) in [6.45, 7) is 5.55. The number of benzene rings is 3. The molecule has 3 saturated heterocycles. The van der Waals surface area contributed by atoms with Gasteiger partial charge in [0.2, 0.25) is 0 Å². The SMILES string of the molecule is CCN(CNc1ccc2nc(-c3ccc4c(c3)C3C=C(c5cc6ccc(N7CN(C(=O)C8CCCO8)C7)cc6[nH]5)C=CC3N4C)[nH]c2c1)C(=O)C1CCCO1. The van der Waals surface area contributed by atoms with E-state index in [-0.39, 0.29) is 36.0 Å². The van der Waals surface area contributed by atoms with E-state index in [0.29, 0.717) is 39.8 Å². The van der Waals surface area contributed by atoms with Crippen LogP contribution in [0, 0.1) is 0 Å². The van der Waals surface area contributed by atoms with Gasteiger partial charge in [0, 0.05) is 71.9 Å². The summed E-state index contributed by atoms with van der Waals surface area (Å²) in [5, 5.41) is 4.59. The molecule has 3 aromatic carbocycles. The number of imidazole rings is 1. The Morgan fingerprint density at radius 1 is 0.945 bits per heavy atom. The second-order valence-corrected chi connectivity index (χ2v) is 15.4. The van der Waals surface area contributed by atoms with E-state index in [0.717, 1.165) is 76.1 Å². The number of hydrogen-bond donors (Lipinski definition) is 3. The number of fused-ring (bicyclic) bond motifs is 5. The molecule has 0 bridgehead atoms. The monoisotopic (exact) mass is 738 g/mol. The molecule has 10 rings (SSSR count). The van der Waals surface area contributed by atoms with Gasteiger partial charge in [0.15, 0.2) is 0 Å². The first-order chi connectivity index (χ1) is 26.9. The molecule has 2 aromatic heterocycles. The fraction of sp³-hybridized carbons (Fsp3) is 0.372. The minimum Gasteiger partial charge on any atom is -0.368 e. The van der Waals surface area contributed by atoms with E-state index in [9.17, 15) is 9.59 Å². The molecule has 2 amide bonds. The van der Waals surface area contributed by atoms with E-state index in [1.165, 1.54) is 16.8 Å². The molecule has 282 valence electrons. The molecule has 12 nitrogen and oxygen atoms in total. The van der Waals surface area contributed by atoms with Crippen LogP contribution in [-0.4, -0.2) is 102 Å². The molecule has 4 atom stereocenters. The first kappa shape index (κ1) is 33.9. The fourth-order valence-corrected chi connectivity index (χ4v) is 8.82. The second-order valence-electron chi connectivity index (χ2n) is 15.4. The number of nitrogens with zero attached hydrogens (tertiary/aromatic N) is 5. The third-order valence-corrected chi connectivity index (χ3v) is 12.0. The number of likely N-dealkylation sites (N-methyl/N-ethyl adjacent to an activating group) is 2. The van der Waals surface area contributed by atoms with Gasteiger partial charge in [-0.15, -0.1) is 0 Å². The van der Waals surface area contributed by atoms with Crippen LogP contribution < -0.4 is 15.1 Å². The number of ether oxygens (including phenoxy) is 2. The molecule has 3 N–H and O–H groups in total. The van der Waals surface area contributed by atoms with E-state index in [4.69, 9.17) is 14.5 Å². The van der Waals surface area contributed by atoms with Crippen molar-refractivity contribution >= 4 is 56.4 Å². The lowest BCUT2D eigenvalue weighted by atomic mass is 9.87. The first-order valence-electron chi connectivity index (χ1n) is 19.6. The highest BCUT2D eigenvalue weighted by atomic mass is 16.5. The van der Waals surface area contributed by atoms with Crippen molar-refractivity contribution in [1.29, 1.82) is 0 Å². The maximum atomic E-state index is 12.9. The molecule has 12 heteroatoms. The number of hydrogen-bond acceptors (Lipinski definition) is 8. The Kier molecular flexibility index (Phi) is 8.40. The quantitative estimate of drug-likeness (QED) is 0.149. The normalized spacial score (nSPS) is 22.9. The van der Waals surface area contributed by atoms with Crippen molar-refractivity contribution in [3.05, 3.63) is 90.1 Å². The molecule has 0 spiro atoms. The molecule has 5 aromatic rings. The minimum atomic E-state index is -0.323. The third-order valence-electron chi connectivity index (χ3n) is 12.0.